The molecule has 1 spiro atoms. The smallest absolute Gasteiger partial charge is 0.222 e. The molecule has 0 bridgehead atoms. The summed E-state index contributed by atoms with van der Waals surface area (Å²) in [5.74, 6) is 1.80. The zero-order chi connectivity index (χ0) is 16.3. The summed E-state index contributed by atoms with van der Waals surface area (Å²) < 4.78 is 11.8. The highest BCUT2D eigenvalue weighted by molar-refractivity contribution is 5.77. The lowest BCUT2D eigenvalue weighted by atomic mass is 9.81. The molecule has 0 unspecified atom stereocenters. The summed E-state index contributed by atoms with van der Waals surface area (Å²) in [5, 5.41) is 0. The average molecular weight is 318 g/mol. The Balaban J connectivity index is 1.49. The minimum Gasteiger partial charge on any atom is -0.477 e. The maximum Gasteiger partial charge on any atom is 0.222 e. The van der Waals surface area contributed by atoms with Crippen LogP contribution in [0.4, 0.5) is 0 Å². The standard InChI is InChI=1S/C18H26N2O3/c1-14(2)6-7-17(21)20-12-18(13-20)15(8-10-23-18)11-22-16-5-3-4-9-19-16/h3-5,9,14-15H,6-8,10-13H2,1-2H3/t15-/m1/s1. The van der Waals surface area contributed by atoms with Crippen LogP contribution in [0.25, 0.3) is 0 Å². The van der Waals surface area contributed by atoms with Crippen LogP contribution in [0.3, 0.4) is 0 Å². The fourth-order valence-corrected chi connectivity index (χ4v) is 3.33. The number of pyridine rings is 1. The van der Waals surface area contributed by atoms with Gasteiger partial charge in [-0.2, -0.15) is 0 Å². The molecular weight excluding hydrogens is 292 g/mol. The summed E-state index contributed by atoms with van der Waals surface area (Å²) in [7, 11) is 0. The molecule has 5 nitrogen and oxygen atoms in total. The number of carbonyl (C=O) groups is 1. The molecule has 0 N–H and O–H groups in total. The van der Waals surface area contributed by atoms with E-state index in [0.717, 1.165) is 19.4 Å². The van der Waals surface area contributed by atoms with E-state index in [2.05, 4.69) is 18.8 Å². The number of rotatable bonds is 6. The molecule has 2 saturated heterocycles. The summed E-state index contributed by atoms with van der Waals surface area (Å²) in [6.07, 6.45) is 4.31. The van der Waals surface area contributed by atoms with E-state index in [0.29, 0.717) is 43.8 Å². The van der Waals surface area contributed by atoms with Crippen LogP contribution < -0.4 is 4.74 Å². The Hall–Kier alpha value is -1.62. The van der Waals surface area contributed by atoms with Crippen LogP contribution in [-0.2, 0) is 9.53 Å². The SMILES string of the molecule is CC(C)CCC(=O)N1CC2(C1)OCC[C@@H]2COc1ccccn1. The van der Waals surface area contributed by atoms with E-state index >= 15 is 0 Å². The zero-order valence-corrected chi connectivity index (χ0v) is 14.0. The van der Waals surface area contributed by atoms with Crippen molar-refractivity contribution in [1.29, 1.82) is 0 Å². The van der Waals surface area contributed by atoms with Crippen LogP contribution in [0.1, 0.15) is 33.1 Å². The third-order valence-corrected chi connectivity index (χ3v) is 4.88. The molecule has 1 amide bonds. The van der Waals surface area contributed by atoms with E-state index < -0.39 is 0 Å². The van der Waals surface area contributed by atoms with Crippen molar-refractivity contribution in [2.75, 3.05) is 26.3 Å². The van der Waals surface area contributed by atoms with Gasteiger partial charge in [0.15, 0.2) is 0 Å². The second kappa shape index (κ2) is 6.87. The van der Waals surface area contributed by atoms with Crippen LogP contribution >= 0.6 is 0 Å². The number of ether oxygens (including phenoxy) is 2. The van der Waals surface area contributed by atoms with E-state index in [1.54, 1.807) is 6.20 Å². The fraction of sp³-hybridized carbons (Fsp3) is 0.667. The predicted octanol–water partition coefficient (Wildman–Crippen LogP) is 2.51. The number of aromatic nitrogens is 1. The number of carbonyl (C=O) groups excluding carboxylic acids is 1. The average Bonchev–Trinajstić information content (AvgIpc) is 2.94. The van der Waals surface area contributed by atoms with E-state index in [4.69, 9.17) is 9.47 Å². The molecule has 2 aliphatic rings. The predicted molar refractivity (Wildman–Crippen MR) is 87.2 cm³/mol. The Morgan fingerprint density at radius 3 is 3.00 bits per heavy atom. The lowest BCUT2D eigenvalue weighted by Gasteiger charge is -2.50. The maximum atomic E-state index is 12.2. The minimum atomic E-state index is -0.192. The molecule has 0 radical (unpaired) electrons. The monoisotopic (exact) mass is 318 g/mol. The highest BCUT2D eigenvalue weighted by Gasteiger charge is 2.54. The molecule has 2 fully saturated rings. The number of nitrogens with zero attached hydrogens (tertiary/aromatic N) is 2. The molecule has 23 heavy (non-hydrogen) atoms. The normalized spacial score (nSPS) is 22.4. The summed E-state index contributed by atoms with van der Waals surface area (Å²) in [4.78, 5) is 18.3. The number of likely N-dealkylation sites (tertiary alicyclic amines) is 1. The van der Waals surface area contributed by atoms with Crippen LogP contribution in [0, 0.1) is 11.8 Å². The third kappa shape index (κ3) is 3.66. The van der Waals surface area contributed by atoms with Crippen LogP contribution in [0.2, 0.25) is 0 Å². The number of hydrogen-bond acceptors (Lipinski definition) is 4. The van der Waals surface area contributed by atoms with Crippen molar-refractivity contribution in [2.24, 2.45) is 11.8 Å². The molecule has 1 atom stereocenters. The van der Waals surface area contributed by atoms with Crippen molar-refractivity contribution in [3.05, 3.63) is 24.4 Å². The largest absolute Gasteiger partial charge is 0.477 e. The van der Waals surface area contributed by atoms with Gasteiger partial charge in [-0.15, -0.1) is 0 Å². The zero-order valence-electron chi connectivity index (χ0n) is 14.0. The minimum absolute atomic E-state index is 0.192. The Morgan fingerprint density at radius 2 is 2.30 bits per heavy atom. The first kappa shape index (κ1) is 16.2. The lowest BCUT2D eigenvalue weighted by molar-refractivity contribution is -0.167. The van der Waals surface area contributed by atoms with Gasteiger partial charge in [0.1, 0.15) is 5.60 Å². The van der Waals surface area contributed by atoms with E-state index in [9.17, 15) is 4.79 Å². The van der Waals surface area contributed by atoms with E-state index in [-0.39, 0.29) is 11.5 Å². The topological polar surface area (TPSA) is 51.7 Å². The molecule has 0 saturated carbocycles. The summed E-state index contributed by atoms with van der Waals surface area (Å²) >= 11 is 0. The third-order valence-electron chi connectivity index (χ3n) is 4.88. The van der Waals surface area contributed by atoms with Gasteiger partial charge in [-0.25, -0.2) is 4.98 Å². The molecule has 126 valence electrons. The second-order valence-electron chi connectivity index (χ2n) is 7.06. The molecule has 3 rings (SSSR count). The van der Waals surface area contributed by atoms with E-state index in [1.807, 2.05) is 23.1 Å². The van der Waals surface area contributed by atoms with Gasteiger partial charge in [0.25, 0.3) is 0 Å². The molecule has 0 aromatic carbocycles. The van der Waals surface area contributed by atoms with Gasteiger partial charge in [0.2, 0.25) is 11.8 Å². The molecule has 5 heteroatoms. The summed E-state index contributed by atoms with van der Waals surface area (Å²) in [6, 6.07) is 5.66. The molecule has 1 aromatic heterocycles. The molecular formula is C18H26N2O3. The van der Waals surface area contributed by atoms with Crippen molar-refractivity contribution in [3.63, 3.8) is 0 Å². The fourth-order valence-electron chi connectivity index (χ4n) is 3.33. The Bertz CT molecular complexity index is 526. The van der Waals surface area contributed by atoms with Crippen LogP contribution in [-0.4, -0.2) is 47.7 Å². The van der Waals surface area contributed by atoms with Crippen molar-refractivity contribution >= 4 is 5.91 Å². The quantitative estimate of drug-likeness (QED) is 0.809. The Kier molecular flexibility index (Phi) is 4.85. The van der Waals surface area contributed by atoms with E-state index in [1.165, 1.54) is 0 Å². The maximum absolute atomic E-state index is 12.2. The van der Waals surface area contributed by atoms with Crippen molar-refractivity contribution in [2.45, 2.75) is 38.7 Å². The highest BCUT2D eigenvalue weighted by atomic mass is 16.5. The molecule has 0 aliphatic carbocycles. The molecule has 2 aliphatic heterocycles. The highest BCUT2D eigenvalue weighted by Crippen LogP contribution is 2.40. The molecule has 3 heterocycles. The first-order valence-electron chi connectivity index (χ1n) is 8.55. The van der Waals surface area contributed by atoms with Crippen molar-refractivity contribution in [3.8, 4) is 5.88 Å². The Morgan fingerprint density at radius 1 is 1.48 bits per heavy atom. The van der Waals surface area contributed by atoms with Gasteiger partial charge in [-0.05, 0) is 24.8 Å². The van der Waals surface area contributed by atoms with Gasteiger partial charge >= 0.3 is 0 Å². The first-order chi connectivity index (χ1) is 11.1. The second-order valence-corrected chi connectivity index (χ2v) is 7.06. The first-order valence-corrected chi connectivity index (χ1v) is 8.55. The van der Waals surface area contributed by atoms with Crippen LogP contribution in [0.5, 0.6) is 5.88 Å². The lowest BCUT2D eigenvalue weighted by Crippen LogP contribution is -2.66. The van der Waals surface area contributed by atoms with Gasteiger partial charge in [-0.3, -0.25) is 4.79 Å². The van der Waals surface area contributed by atoms with Gasteiger partial charge in [0.05, 0.1) is 19.7 Å². The summed E-state index contributed by atoms with van der Waals surface area (Å²) in [5.41, 5.74) is -0.192. The van der Waals surface area contributed by atoms with Gasteiger partial charge in [0, 0.05) is 31.2 Å². The number of hydrogen-bond donors (Lipinski definition) is 0. The van der Waals surface area contributed by atoms with Crippen LogP contribution in [0.15, 0.2) is 24.4 Å². The Labute approximate surface area is 138 Å². The van der Waals surface area contributed by atoms with Crippen molar-refractivity contribution < 1.29 is 14.3 Å². The van der Waals surface area contributed by atoms with Gasteiger partial charge in [-0.1, -0.05) is 19.9 Å². The molecule has 1 aromatic rings. The van der Waals surface area contributed by atoms with Crippen molar-refractivity contribution in [1.82, 2.24) is 9.88 Å². The summed E-state index contributed by atoms with van der Waals surface area (Å²) in [6.45, 7) is 7.07. The number of amides is 1. The van der Waals surface area contributed by atoms with Gasteiger partial charge < -0.3 is 14.4 Å².